The maximum absolute atomic E-state index is 13.8. The van der Waals surface area contributed by atoms with Crippen molar-refractivity contribution in [2.75, 3.05) is 5.73 Å². The average molecular weight is 280 g/mol. The molecule has 0 aliphatic carbocycles. The van der Waals surface area contributed by atoms with Gasteiger partial charge < -0.3 is 5.73 Å². The third-order valence-corrected chi connectivity index (χ3v) is 2.98. The van der Waals surface area contributed by atoms with Gasteiger partial charge in [0.2, 0.25) is 0 Å². The Balaban J connectivity index is 2.60. The molecule has 3 heteroatoms. The molecule has 0 heterocycles. The molecule has 0 amide bonds. The third kappa shape index (κ3) is 2.09. The van der Waals surface area contributed by atoms with E-state index in [1.54, 1.807) is 13.0 Å². The van der Waals surface area contributed by atoms with Gasteiger partial charge in [-0.05, 0) is 42.3 Å². The Morgan fingerprint density at radius 2 is 1.94 bits per heavy atom. The highest BCUT2D eigenvalue weighted by atomic mass is 79.9. The van der Waals surface area contributed by atoms with E-state index in [2.05, 4.69) is 15.9 Å². The van der Waals surface area contributed by atoms with Gasteiger partial charge in [0.05, 0.1) is 0 Å². The van der Waals surface area contributed by atoms with Crippen molar-refractivity contribution in [3.8, 4) is 11.1 Å². The molecule has 0 atom stereocenters. The molecular formula is C13H11BrFN. The lowest BCUT2D eigenvalue weighted by Crippen LogP contribution is -1.93. The number of benzene rings is 2. The van der Waals surface area contributed by atoms with Gasteiger partial charge in [-0.1, -0.05) is 28.1 Å². The summed E-state index contributed by atoms with van der Waals surface area (Å²) in [6.07, 6.45) is 0. The summed E-state index contributed by atoms with van der Waals surface area (Å²) < 4.78 is 14.7. The smallest absolute Gasteiger partial charge is 0.131 e. The summed E-state index contributed by atoms with van der Waals surface area (Å²) in [7, 11) is 0. The van der Waals surface area contributed by atoms with Crippen molar-refractivity contribution in [2.45, 2.75) is 6.92 Å². The van der Waals surface area contributed by atoms with E-state index in [0.717, 1.165) is 15.6 Å². The standard InChI is InChI=1S/C13H11BrFN/c1-8-5-12(15)11(7-13(8)16)9-3-2-4-10(14)6-9/h2-7H,16H2,1H3. The first kappa shape index (κ1) is 11.1. The van der Waals surface area contributed by atoms with E-state index in [0.29, 0.717) is 11.3 Å². The van der Waals surface area contributed by atoms with E-state index in [9.17, 15) is 4.39 Å². The topological polar surface area (TPSA) is 26.0 Å². The minimum absolute atomic E-state index is 0.246. The Morgan fingerprint density at radius 1 is 1.19 bits per heavy atom. The molecule has 0 unspecified atom stereocenters. The summed E-state index contributed by atoms with van der Waals surface area (Å²) in [4.78, 5) is 0. The molecule has 2 aromatic carbocycles. The fraction of sp³-hybridized carbons (Fsp3) is 0.0769. The lowest BCUT2D eigenvalue weighted by Gasteiger charge is -2.07. The monoisotopic (exact) mass is 279 g/mol. The van der Waals surface area contributed by atoms with Gasteiger partial charge in [-0.2, -0.15) is 0 Å². The number of hydrogen-bond donors (Lipinski definition) is 1. The second kappa shape index (κ2) is 4.26. The molecule has 0 radical (unpaired) electrons. The number of nitrogens with two attached hydrogens (primary N) is 1. The second-order valence-corrected chi connectivity index (χ2v) is 4.61. The summed E-state index contributed by atoms with van der Waals surface area (Å²) in [6, 6.07) is 10.6. The highest BCUT2D eigenvalue weighted by Gasteiger charge is 2.07. The van der Waals surface area contributed by atoms with Crippen molar-refractivity contribution in [3.63, 3.8) is 0 Å². The van der Waals surface area contributed by atoms with E-state index < -0.39 is 0 Å². The summed E-state index contributed by atoms with van der Waals surface area (Å²) in [5.41, 5.74) is 8.50. The first-order chi connectivity index (χ1) is 7.58. The van der Waals surface area contributed by atoms with Crippen LogP contribution in [0.4, 0.5) is 10.1 Å². The van der Waals surface area contributed by atoms with Gasteiger partial charge in [-0.3, -0.25) is 0 Å². The zero-order valence-electron chi connectivity index (χ0n) is 8.80. The molecule has 16 heavy (non-hydrogen) atoms. The van der Waals surface area contributed by atoms with Crippen LogP contribution in [-0.4, -0.2) is 0 Å². The van der Waals surface area contributed by atoms with Gasteiger partial charge in [-0.15, -0.1) is 0 Å². The second-order valence-electron chi connectivity index (χ2n) is 3.70. The lowest BCUT2D eigenvalue weighted by molar-refractivity contribution is 0.630. The number of hydrogen-bond acceptors (Lipinski definition) is 1. The van der Waals surface area contributed by atoms with Gasteiger partial charge in [0, 0.05) is 15.7 Å². The van der Waals surface area contributed by atoms with Crippen molar-refractivity contribution >= 4 is 21.6 Å². The third-order valence-electron chi connectivity index (χ3n) is 2.49. The van der Waals surface area contributed by atoms with Gasteiger partial charge >= 0.3 is 0 Å². The Bertz CT molecular complexity index is 537. The van der Waals surface area contributed by atoms with Crippen molar-refractivity contribution in [1.82, 2.24) is 0 Å². The molecule has 0 spiro atoms. The highest BCUT2D eigenvalue weighted by Crippen LogP contribution is 2.28. The molecule has 0 aliphatic rings. The van der Waals surface area contributed by atoms with Crippen LogP contribution in [0.2, 0.25) is 0 Å². The van der Waals surface area contributed by atoms with Crippen LogP contribution >= 0.6 is 15.9 Å². The summed E-state index contributed by atoms with van der Waals surface area (Å²) >= 11 is 3.36. The zero-order chi connectivity index (χ0) is 11.7. The predicted molar refractivity (Wildman–Crippen MR) is 68.7 cm³/mol. The molecule has 1 nitrogen and oxygen atoms in total. The fourth-order valence-electron chi connectivity index (χ4n) is 1.57. The first-order valence-corrected chi connectivity index (χ1v) is 5.69. The number of anilines is 1. The van der Waals surface area contributed by atoms with Crippen LogP contribution < -0.4 is 5.73 Å². The Hall–Kier alpha value is -1.35. The molecular weight excluding hydrogens is 269 g/mol. The molecule has 0 saturated carbocycles. The molecule has 2 N–H and O–H groups in total. The van der Waals surface area contributed by atoms with Gasteiger partial charge in [0.15, 0.2) is 0 Å². The van der Waals surface area contributed by atoms with Gasteiger partial charge in [0.1, 0.15) is 5.82 Å². The SMILES string of the molecule is Cc1cc(F)c(-c2cccc(Br)c2)cc1N. The first-order valence-electron chi connectivity index (χ1n) is 4.89. The normalized spacial score (nSPS) is 10.4. The highest BCUT2D eigenvalue weighted by molar-refractivity contribution is 9.10. The van der Waals surface area contributed by atoms with E-state index >= 15 is 0 Å². The minimum Gasteiger partial charge on any atom is -0.398 e. The largest absolute Gasteiger partial charge is 0.398 e. The van der Waals surface area contributed by atoms with Crippen LogP contribution in [0, 0.1) is 12.7 Å². The molecule has 0 saturated heterocycles. The maximum atomic E-state index is 13.8. The lowest BCUT2D eigenvalue weighted by atomic mass is 10.0. The number of nitrogen functional groups attached to an aromatic ring is 1. The van der Waals surface area contributed by atoms with E-state index in [1.807, 2.05) is 24.3 Å². The zero-order valence-corrected chi connectivity index (χ0v) is 10.4. The van der Waals surface area contributed by atoms with E-state index in [-0.39, 0.29) is 5.82 Å². The molecule has 82 valence electrons. The molecule has 2 rings (SSSR count). The Morgan fingerprint density at radius 3 is 2.62 bits per heavy atom. The van der Waals surface area contributed by atoms with Crippen LogP contribution in [0.1, 0.15) is 5.56 Å². The van der Waals surface area contributed by atoms with E-state index in [1.165, 1.54) is 6.07 Å². The average Bonchev–Trinajstić information content (AvgIpc) is 2.23. The van der Waals surface area contributed by atoms with Crippen molar-refractivity contribution < 1.29 is 4.39 Å². The minimum atomic E-state index is -0.246. The van der Waals surface area contributed by atoms with Crippen molar-refractivity contribution in [1.29, 1.82) is 0 Å². The van der Waals surface area contributed by atoms with Crippen molar-refractivity contribution in [2.24, 2.45) is 0 Å². The molecule has 0 fully saturated rings. The summed E-state index contributed by atoms with van der Waals surface area (Å²) in [6.45, 7) is 1.79. The molecule has 0 aliphatic heterocycles. The fourth-order valence-corrected chi connectivity index (χ4v) is 1.97. The predicted octanol–water partition coefficient (Wildman–Crippen LogP) is 4.15. The molecule has 2 aromatic rings. The Kier molecular flexibility index (Phi) is 2.97. The number of aryl methyl sites for hydroxylation is 1. The molecule has 0 aromatic heterocycles. The summed E-state index contributed by atoms with van der Waals surface area (Å²) in [5, 5.41) is 0. The van der Waals surface area contributed by atoms with Crippen molar-refractivity contribution in [3.05, 3.63) is 52.3 Å². The Labute approximate surface area is 102 Å². The summed E-state index contributed by atoms with van der Waals surface area (Å²) in [5.74, 6) is -0.246. The quantitative estimate of drug-likeness (QED) is 0.780. The number of rotatable bonds is 1. The van der Waals surface area contributed by atoms with Crippen LogP contribution in [0.25, 0.3) is 11.1 Å². The van der Waals surface area contributed by atoms with Crippen LogP contribution in [0.3, 0.4) is 0 Å². The van der Waals surface area contributed by atoms with Gasteiger partial charge in [-0.25, -0.2) is 4.39 Å². The van der Waals surface area contributed by atoms with Crippen LogP contribution in [-0.2, 0) is 0 Å². The van der Waals surface area contributed by atoms with Crippen LogP contribution in [0.15, 0.2) is 40.9 Å². The van der Waals surface area contributed by atoms with Crippen LogP contribution in [0.5, 0.6) is 0 Å². The maximum Gasteiger partial charge on any atom is 0.131 e. The van der Waals surface area contributed by atoms with E-state index in [4.69, 9.17) is 5.73 Å². The number of halogens is 2. The molecule has 0 bridgehead atoms. The van der Waals surface area contributed by atoms with Gasteiger partial charge in [0.25, 0.3) is 0 Å².